The molecule has 1 fully saturated rings. The van der Waals surface area contributed by atoms with Crippen molar-refractivity contribution < 1.29 is 9.90 Å². The zero-order chi connectivity index (χ0) is 14.0. The molecule has 2 heterocycles. The number of aromatic nitrogens is 3. The summed E-state index contributed by atoms with van der Waals surface area (Å²) in [5, 5.41) is 17.1. The molecule has 1 aliphatic rings. The van der Waals surface area contributed by atoms with Crippen LogP contribution in [-0.4, -0.2) is 50.1 Å². The second-order valence-corrected chi connectivity index (χ2v) is 5.20. The molecule has 0 bridgehead atoms. The summed E-state index contributed by atoms with van der Waals surface area (Å²) in [4.78, 5) is 13.7. The van der Waals surface area contributed by atoms with Gasteiger partial charge in [-0.05, 0) is 26.7 Å². The molecule has 0 atom stereocenters. The smallest absolute Gasteiger partial charge is 0.356 e. The van der Waals surface area contributed by atoms with Gasteiger partial charge in [-0.1, -0.05) is 5.21 Å². The third-order valence-electron chi connectivity index (χ3n) is 3.74. The van der Waals surface area contributed by atoms with E-state index in [0.717, 1.165) is 25.9 Å². The lowest BCUT2D eigenvalue weighted by atomic mass is 10.0. The van der Waals surface area contributed by atoms with Crippen molar-refractivity contribution in [2.45, 2.75) is 45.3 Å². The summed E-state index contributed by atoms with van der Waals surface area (Å²) in [7, 11) is 0. The molecule has 2 rings (SSSR count). The van der Waals surface area contributed by atoms with Crippen LogP contribution < -0.4 is 5.73 Å². The van der Waals surface area contributed by atoms with Gasteiger partial charge in [-0.2, -0.15) is 0 Å². The van der Waals surface area contributed by atoms with Crippen LogP contribution in [0.4, 0.5) is 0 Å². The second-order valence-electron chi connectivity index (χ2n) is 5.20. The van der Waals surface area contributed by atoms with Crippen LogP contribution in [0.25, 0.3) is 0 Å². The largest absolute Gasteiger partial charge is 0.476 e. The van der Waals surface area contributed by atoms with E-state index in [4.69, 9.17) is 5.73 Å². The first-order valence-corrected chi connectivity index (χ1v) is 6.66. The fourth-order valence-corrected chi connectivity index (χ4v) is 2.59. The van der Waals surface area contributed by atoms with E-state index < -0.39 is 5.97 Å². The summed E-state index contributed by atoms with van der Waals surface area (Å²) < 4.78 is 1.54. The summed E-state index contributed by atoms with van der Waals surface area (Å²) in [5.41, 5.74) is 6.01. The number of carbonyl (C=O) groups is 1. The molecule has 0 spiro atoms. The zero-order valence-corrected chi connectivity index (χ0v) is 11.4. The second kappa shape index (κ2) is 5.66. The number of rotatable bonds is 4. The molecule has 1 aromatic rings. The number of hydrogen-bond donors (Lipinski definition) is 2. The molecule has 1 aliphatic heterocycles. The summed E-state index contributed by atoms with van der Waals surface area (Å²) in [6.07, 6.45) is 1.79. The average molecular weight is 267 g/mol. The fourth-order valence-electron chi connectivity index (χ4n) is 2.59. The molecule has 0 amide bonds. The van der Waals surface area contributed by atoms with Gasteiger partial charge in [-0.15, -0.1) is 5.10 Å². The molecule has 7 heteroatoms. The summed E-state index contributed by atoms with van der Waals surface area (Å²) in [6, 6.07) is 0.629. The van der Waals surface area contributed by atoms with Gasteiger partial charge in [-0.3, -0.25) is 0 Å². The third-order valence-corrected chi connectivity index (χ3v) is 3.74. The van der Waals surface area contributed by atoms with E-state index in [1.807, 2.05) is 0 Å². The SMILES string of the molecule is CC(C)N1CCC(n2nnc(CN)c2C(=O)O)CC1. The van der Waals surface area contributed by atoms with Crippen LogP contribution in [0.15, 0.2) is 0 Å². The maximum atomic E-state index is 11.3. The van der Waals surface area contributed by atoms with Gasteiger partial charge in [0.2, 0.25) is 0 Å². The van der Waals surface area contributed by atoms with Crippen molar-refractivity contribution in [3.8, 4) is 0 Å². The number of carboxylic acid groups (broad SMARTS) is 1. The number of aromatic carboxylic acids is 1. The van der Waals surface area contributed by atoms with Crippen LogP contribution in [0.3, 0.4) is 0 Å². The van der Waals surface area contributed by atoms with Crippen molar-refractivity contribution in [3.05, 3.63) is 11.4 Å². The maximum Gasteiger partial charge on any atom is 0.356 e. The van der Waals surface area contributed by atoms with Gasteiger partial charge in [-0.25, -0.2) is 9.48 Å². The number of likely N-dealkylation sites (tertiary alicyclic amines) is 1. The number of carboxylic acids is 1. The van der Waals surface area contributed by atoms with Crippen LogP contribution in [0.5, 0.6) is 0 Å². The van der Waals surface area contributed by atoms with Gasteiger partial charge < -0.3 is 15.7 Å². The Labute approximate surface area is 112 Å². The molecule has 19 heavy (non-hydrogen) atoms. The van der Waals surface area contributed by atoms with E-state index in [1.54, 1.807) is 4.68 Å². The highest BCUT2D eigenvalue weighted by Crippen LogP contribution is 2.25. The number of nitrogens with two attached hydrogens (primary N) is 1. The van der Waals surface area contributed by atoms with Crippen molar-refractivity contribution >= 4 is 5.97 Å². The van der Waals surface area contributed by atoms with Crippen molar-refractivity contribution in [1.29, 1.82) is 0 Å². The summed E-state index contributed by atoms with van der Waals surface area (Å²) in [6.45, 7) is 6.36. The van der Waals surface area contributed by atoms with E-state index in [-0.39, 0.29) is 18.3 Å². The molecular formula is C12H21N5O2. The van der Waals surface area contributed by atoms with E-state index >= 15 is 0 Å². The number of piperidine rings is 1. The highest BCUT2D eigenvalue weighted by atomic mass is 16.4. The van der Waals surface area contributed by atoms with E-state index in [1.165, 1.54) is 0 Å². The Kier molecular flexibility index (Phi) is 4.16. The molecule has 0 aromatic carbocycles. The van der Waals surface area contributed by atoms with Crippen molar-refractivity contribution in [1.82, 2.24) is 19.9 Å². The van der Waals surface area contributed by atoms with Crippen LogP contribution in [0, 0.1) is 0 Å². The Morgan fingerprint density at radius 2 is 2.11 bits per heavy atom. The fraction of sp³-hybridized carbons (Fsp3) is 0.750. The lowest BCUT2D eigenvalue weighted by Gasteiger charge is -2.34. The Balaban J connectivity index is 2.16. The van der Waals surface area contributed by atoms with Crippen molar-refractivity contribution in [2.75, 3.05) is 13.1 Å². The predicted molar refractivity (Wildman–Crippen MR) is 69.9 cm³/mol. The van der Waals surface area contributed by atoms with Gasteiger partial charge in [0.1, 0.15) is 5.69 Å². The van der Waals surface area contributed by atoms with Gasteiger partial charge >= 0.3 is 5.97 Å². The number of nitrogens with zero attached hydrogens (tertiary/aromatic N) is 4. The van der Waals surface area contributed by atoms with Gasteiger partial charge in [0.05, 0.1) is 6.04 Å². The van der Waals surface area contributed by atoms with Crippen LogP contribution >= 0.6 is 0 Å². The van der Waals surface area contributed by atoms with E-state index in [0.29, 0.717) is 11.7 Å². The molecule has 0 radical (unpaired) electrons. The van der Waals surface area contributed by atoms with Crippen LogP contribution in [0.2, 0.25) is 0 Å². The standard InChI is InChI=1S/C12H21N5O2/c1-8(2)16-5-3-9(4-6-16)17-11(12(18)19)10(7-13)14-15-17/h8-9H,3-7,13H2,1-2H3,(H,18,19). The lowest BCUT2D eigenvalue weighted by Crippen LogP contribution is -2.39. The quantitative estimate of drug-likeness (QED) is 0.823. The molecule has 1 aromatic heterocycles. The summed E-state index contributed by atoms with van der Waals surface area (Å²) in [5.74, 6) is -1.00. The highest BCUT2D eigenvalue weighted by molar-refractivity contribution is 5.86. The molecular weight excluding hydrogens is 246 g/mol. The minimum Gasteiger partial charge on any atom is -0.476 e. The van der Waals surface area contributed by atoms with Crippen molar-refractivity contribution in [3.63, 3.8) is 0 Å². The summed E-state index contributed by atoms with van der Waals surface area (Å²) >= 11 is 0. The molecule has 7 nitrogen and oxygen atoms in total. The van der Waals surface area contributed by atoms with Crippen LogP contribution in [-0.2, 0) is 6.54 Å². The Bertz CT molecular complexity index is 449. The molecule has 0 unspecified atom stereocenters. The topological polar surface area (TPSA) is 97.3 Å². The Hall–Kier alpha value is -1.47. The van der Waals surface area contributed by atoms with Gasteiger partial charge in [0, 0.05) is 25.7 Å². The van der Waals surface area contributed by atoms with E-state index in [2.05, 4.69) is 29.1 Å². The first-order valence-electron chi connectivity index (χ1n) is 6.66. The molecule has 0 aliphatic carbocycles. The first-order chi connectivity index (χ1) is 9.04. The minimum absolute atomic E-state index is 0.104. The minimum atomic E-state index is -1.00. The monoisotopic (exact) mass is 267 g/mol. The number of hydrogen-bond acceptors (Lipinski definition) is 5. The normalized spacial score (nSPS) is 18.1. The Morgan fingerprint density at radius 1 is 1.47 bits per heavy atom. The maximum absolute atomic E-state index is 11.3. The Morgan fingerprint density at radius 3 is 2.58 bits per heavy atom. The molecule has 1 saturated heterocycles. The first kappa shape index (κ1) is 14.0. The molecule has 0 saturated carbocycles. The van der Waals surface area contributed by atoms with Gasteiger partial charge in [0.15, 0.2) is 5.69 Å². The van der Waals surface area contributed by atoms with Crippen molar-refractivity contribution in [2.24, 2.45) is 5.73 Å². The highest BCUT2D eigenvalue weighted by Gasteiger charge is 2.28. The average Bonchev–Trinajstić information content (AvgIpc) is 2.82. The lowest BCUT2D eigenvalue weighted by molar-refractivity contribution is 0.0671. The molecule has 3 N–H and O–H groups in total. The van der Waals surface area contributed by atoms with Gasteiger partial charge in [0.25, 0.3) is 0 Å². The predicted octanol–water partition coefficient (Wildman–Crippen LogP) is 0.480. The zero-order valence-electron chi connectivity index (χ0n) is 11.4. The van der Waals surface area contributed by atoms with Crippen LogP contribution in [0.1, 0.15) is 48.9 Å². The third kappa shape index (κ3) is 2.76. The van der Waals surface area contributed by atoms with E-state index in [9.17, 15) is 9.90 Å². The molecule has 106 valence electrons.